The summed E-state index contributed by atoms with van der Waals surface area (Å²) in [5, 5.41) is 0. The summed E-state index contributed by atoms with van der Waals surface area (Å²) in [5.74, 6) is 1.58. The number of rotatable bonds is 8. The van der Waals surface area contributed by atoms with Gasteiger partial charge in [-0.2, -0.15) is 0 Å². The molecule has 1 aromatic rings. The molecular weight excluding hydrogens is 240 g/mol. The van der Waals surface area contributed by atoms with Crippen LogP contribution in [-0.4, -0.2) is 20.0 Å². The van der Waals surface area contributed by atoms with Gasteiger partial charge in [0.2, 0.25) is 0 Å². The van der Waals surface area contributed by atoms with Crippen LogP contribution in [0.4, 0.5) is 0 Å². The topological polar surface area (TPSA) is 35.5 Å². The zero-order chi connectivity index (χ0) is 14.1. The lowest BCUT2D eigenvalue weighted by molar-refractivity contribution is -0.114. The van der Waals surface area contributed by atoms with Crippen LogP contribution in [0.2, 0.25) is 0 Å². The average molecular weight is 262 g/mol. The van der Waals surface area contributed by atoms with E-state index in [1.807, 2.05) is 24.3 Å². The normalized spacial score (nSPS) is 10.7. The van der Waals surface area contributed by atoms with Crippen LogP contribution in [0.3, 0.4) is 0 Å². The van der Waals surface area contributed by atoms with Crippen molar-refractivity contribution in [2.75, 3.05) is 14.2 Å². The number of carbonyl (C=O) groups excluding carboxylic acids is 1. The number of carbonyl (C=O) groups is 1. The lowest BCUT2D eigenvalue weighted by Crippen LogP contribution is -1.97. The third-order valence-corrected chi connectivity index (χ3v) is 2.87. The monoisotopic (exact) mass is 262 g/mol. The van der Waals surface area contributed by atoms with Gasteiger partial charge in [-0.1, -0.05) is 25.5 Å². The van der Waals surface area contributed by atoms with Crippen molar-refractivity contribution >= 4 is 5.78 Å². The van der Waals surface area contributed by atoms with Gasteiger partial charge >= 0.3 is 0 Å². The first-order valence-corrected chi connectivity index (χ1v) is 6.61. The summed E-state index contributed by atoms with van der Waals surface area (Å²) in [7, 11) is 3.22. The molecule has 0 radical (unpaired) electrons. The number of unbranched alkanes of at least 4 members (excludes halogenated alkanes) is 1. The average Bonchev–Trinajstić information content (AvgIpc) is 2.45. The van der Waals surface area contributed by atoms with Crippen LogP contribution < -0.4 is 9.47 Å². The van der Waals surface area contributed by atoms with E-state index >= 15 is 0 Å². The molecule has 0 N–H and O–H groups in total. The summed E-state index contributed by atoms with van der Waals surface area (Å²) < 4.78 is 10.4. The molecule has 3 heteroatoms. The second-order valence-electron chi connectivity index (χ2n) is 4.35. The molecule has 0 aliphatic heterocycles. The fourth-order valence-electron chi connectivity index (χ4n) is 1.77. The predicted octanol–water partition coefficient (Wildman–Crippen LogP) is 3.56. The first kappa shape index (κ1) is 15.3. The maximum absolute atomic E-state index is 11.6. The highest BCUT2D eigenvalue weighted by atomic mass is 16.5. The van der Waals surface area contributed by atoms with E-state index in [1.54, 1.807) is 20.3 Å². The lowest BCUT2D eigenvalue weighted by atomic mass is 10.1. The molecular formula is C16H22O3. The zero-order valence-electron chi connectivity index (χ0n) is 11.9. The molecule has 1 rings (SSSR count). The van der Waals surface area contributed by atoms with Gasteiger partial charge < -0.3 is 9.47 Å². The third-order valence-electron chi connectivity index (χ3n) is 2.87. The van der Waals surface area contributed by atoms with Crippen molar-refractivity contribution in [2.24, 2.45) is 0 Å². The number of methoxy groups -OCH3 is 2. The fourth-order valence-corrected chi connectivity index (χ4v) is 1.77. The molecule has 0 atom stereocenters. The van der Waals surface area contributed by atoms with Crippen molar-refractivity contribution in [1.82, 2.24) is 0 Å². The third kappa shape index (κ3) is 5.16. The molecule has 0 heterocycles. The summed E-state index contributed by atoms with van der Waals surface area (Å²) in [6, 6.07) is 5.75. The Morgan fingerprint density at radius 2 is 1.95 bits per heavy atom. The van der Waals surface area contributed by atoms with Gasteiger partial charge in [0.05, 0.1) is 14.2 Å². The smallest absolute Gasteiger partial charge is 0.160 e. The summed E-state index contributed by atoms with van der Waals surface area (Å²) >= 11 is 0. The van der Waals surface area contributed by atoms with Crippen LogP contribution in [0.5, 0.6) is 11.5 Å². The van der Waals surface area contributed by atoms with E-state index in [4.69, 9.17) is 9.47 Å². The minimum Gasteiger partial charge on any atom is -0.493 e. The van der Waals surface area contributed by atoms with Crippen molar-refractivity contribution in [2.45, 2.75) is 32.6 Å². The van der Waals surface area contributed by atoms with E-state index < -0.39 is 0 Å². The van der Waals surface area contributed by atoms with Gasteiger partial charge in [-0.25, -0.2) is 0 Å². The molecule has 0 spiro atoms. The minimum absolute atomic E-state index is 0.170. The van der Waals surface area contributed by atoms with E-state index in [1.165, 1.54) is 0 Å². The summed E-state index contributed by atoms with van der Waals surface area (Å²) in [6.45, 7) is 2.10. The molecule has 0 aliphatic rings. The maximum atomic E-state index is 11.6. The molecule has 1 aromatic carbocycles. The van der Waals surface area contributed by atoms with Crippen molar-refractivity contribution < 1.29 is 14.3 Å². The molecule has 0 saturated carbocycles. The van der Waals surface area contributed by atoms with Crippen LogP contribution in [0, 0.1) is 0 Å². The molecule has 0 unspecified atom stereocenters. The number of allylic oxidation sites excluding steroid dienone is 2. The number of benzene rings is 1. The van der Waals surface area contributed by atoms with Gasteiger partial charge in [0.25, 0.3) is 0 Å². The van der Waals surface area contributed by atoms with E-state index in [-0.39, 0.29) is 5.78 Å². The SMILES string of the molecule is CCC/C=C/C(=O)CCc1ccc(OC)c(OC)c1. The van der Waals surface area contributed by atoms with E-state index in [0.717, 1.165) is 24.8 Å². The Kier molecular flexibility index (Phi) is 6.72. The Morgan fingerprint density at radius 1 is 1.21 bits per heavy atom. The van der Waals surface area contributed by atoms with Gasteiger partial charge in [0, 0.05) is 6.42 Å². The molecule has 0 fully saturated rings. The van der Waals surface area contributed by atoms with Crippen molar-refractivity contribution in [3.63, 3.8) is 0 Å². The highest BCUT2D eigenvalue weighted by Crippen LogP contribution is 2.27. The van der Waals surface area contributed by atoms with Crippen molar-refractivity contribution in [3.8, 4) is 11.5 Å². The highest BCUT2D eigenvalue weighted by Gasteiger charge is 2.05. The molecule has 104 valence electrons. The van der Waals surface area contributed by atoms with Gasteiger partial charge in [0.1, 0.15) is 0 Å². The number of aryl methyl sites for hydroxylation is 1. The van der Waals surface area contributed by atoms with Crippen LogP contribution in [0.25, 0.3) is 0 Å². The Labute approximate surface area is 115 Å². The Balaban J connectivity index is 2.56. The number of ketones is 1. The molecule has 3 nitrogen and oxygen atoms in total. The zero-order valence-corrected chi connectivity index (χ0v) is 11.9. The largest absolute Gasteiger partial charge is 0.493 e. The summed E-state index contributed by atoms with van der Waals surface area (Å²) in [6.07, 6.45) is 6.90. The second kappa shape index (κ2) is 8.35. The van der Waals surface area contributed by atoms with E-state index in [9.17, 15) is 4.79 Å². The number of hydrogen-bond acceptors (Lipinski definition) is 3. The van der Waals surface area contributed by atoms with Crippen molar-refractivity contribution in [1.29, 1.82) is 0 Å². The van der Waals surface area contributed by atoms with E-state index in [2.05, 4.69) is 6.92 Å². The number of hydrogen-bond donors (Lipinski definition) is 0. The maximum Gasteiger partial charge on any atom is 0.160 e. The molecule has 0 amide bonds. The van der Waals surface area contributed by atoms with Crippen LogP contribution >= 0.6 is 0 Å². The van der Waals surface area contributed by atoms with Gasteiger partial charge in [-0.05, 0) is 36.6 Å². The van der Waals surface area contributed by atoms with Gasteiger partial charge in [0.15, 0.2) is 17.3 Å². The summed E-state index contributed by atoms with van der Waals surface area (Å²) in [5.41, 5.74) is 1.08. The number of ether oxygens (including phenoxy) is 2. The predicted molar refractivity (Wildman–Crippen MR) is 76.9 cm³/mol. The van der Waals surface area contributed by atoms with Crippen molar-refractivity contribution in [3.05, 3.63) is 35.9 Å². The first-order chi connectivity index (χ1) is 9.21. The lowest BCUT2D eigenvalue weighted by Gasteiger charge is -2.09. The van der Waals surface area contributed by atoms with Crippen LogP contribution in [0.15, 0.2) is 30.4 Å². The molecule has 0 bridgehead atoms. The first-order valence-electron chi connectivity index (χ1n) is 6.61. The highest BCUT2D eigenvalue weighted by molar-refractivity contribution is 5.89. The second-order valence-corrected chi connectivity index (χ2v) is 4.35. The van der Waals surface area contributed by atoms with Gasteiger partial charge in [-0.3, -0.25) is 4.79 Å². The Morgan fingerprint density at radius 3 is 2.58 bits per heavy atom. The Bertz CT molecular complexity index is 436. The molecule has 0 aliphatic carbocycles. The Hall–Kier alpha value is -1.77. The molecule has 0 saturated heterocycles. The summed E-state index contributed by atoms with van der Waals surface area (Å²) in [4.78, 5) is 11.6. The standard InChI is InChI=1S/C16H22O3/c1-4-5-6-7-14(17)10-8-13-9-11-15(18-2)16(12-13)19-3/h6-7,9,11-12H,4-5,8,10H2,1-3H3/b7-6+. The van der Waals surface area contributed by atoms with E-state index in [0.29, 0.717) is 17.9 Å². The van der Waals surface area contributed by atoms with Gasteiger partial charge in [-0.15, -0.1) is 0 Å². The van der Waals surface area contributed by atoms with Crippen LogP contribution in [-0.2, 0) is 11.2 Å². The fraction of sp³-hybridized carbons (Fsp3) is 0.438. The van der Waals surface area contributed by atoms with Crippen LogP contribution in [0.1, 0.15) is 31.7 Å². The quantitative estimate of drug-likeness (QED) is 0.672. The molecule has 0 aromatic heterocycles. The minimum atomic E-state index is 0.170. The molecule has 19 heavy (non-hydrogen) atoms.